The van der Waals surface area contributed by atoms with E-state index in [2.05, 4.69) is 10.6 Å². The molecular formula is C15H20N2O5S. The number of urea groups is 1. The van der Waals surface area contributed by atoms with Crippen molar-refractivity contribution in [1.82, 2.24) is 10.6 Å². The number of sulfone groups is 1. The summed E-state index contributed by atoms with van der Waals surface area (Å²) in [6.45, 7) is 2.46. The maximum Gasteiger partial charge on any atom is 0.315 e. The molecule has 1 aromatic rings. The molecular weight excluding hydrogens is 320 g/mol. The van der Waals surface area contributed by atoms with Gasteiger partial charge in [-0.05, 0) is 37.0 Å². The molecule has 7 nitrogen and oxygen atoms in total. The number of benzene rings is 1. The van der Waals surface area contributed by atoms with E-state index in [9.17, 15) is 13.2 Å². The molecule has 2 aliphatic rings. The van der Waals surface area contributed by atoms with E-state index in [1.807, 2.05) is 25.1 Å². The van der Waals surface area contributed by atoms with Crippen molar-refractivity contribution in [2.75, 3.05) is 24.8 Å². The zero-order valence-electron chi connectivity index (χ0n) is 12.9. The fraction of sp³-hybridized carbons (Fsp3) is 0.533. The highest BCUT2D eigenvalue weighted by molar-refractivity contribution is 7.91. The summed E-state index contributed by atoms with van der Waals surface area (Å²) in [5.41, 5.74) is 0.910. The number of ether oxygens (including phenoxy) is 2. The van der Waals surface area contributed by atoms with Crippen molar-refractivity contribution in [1.29, 1.82) is 0 Å². The average Bonchev–Trinajstić information content (AvgIpc) is 3.10. The summed E-state index contributed by atoms with van der Waals surface area (Å²) in [4.78, 5) is 12.0. The summed E-state index contributed by atoms with van der Waals surface area (Å²) in [6.07, 6.45) is 0.611. The standard InChI is InChI=1S/C15H20N2O5S/c1-10(12-2-3-13-14(6-12)22-9-21-13)17-15(18)16-7-11-4-5-23(19,20)8-11/h2-3,6,10-11H,4-5,7-9H2,1H3,(H2,16,17,18)/t10-,11-/m0/s1. The van der Waals surface area contributed by atoms with Crippen LogP contribution in [0.2, 0.25) is 0 Å². The van der Waals surface area contributed by atoms with Crippen molar-refractivity contribution in [3.63, 3.8) is 0 Å². The number of rotatable bonds is 4. The Morgan fingerprint density at radius 1 is 1.35 bits per heavy atom. The van der Waals surface area contributed by atoms with Crippen LogP contribution in [-0.4, -0.2) is 39.3 Å². The second kappa shape index (κ2) is 6.27. The molecule has 0 unspecified atom stereocenters. The maximum absolute atomic E-state index is 12.0. The third kappa shape index (κ3) is 3.87. The molecule has 2 aliphatic heterocycles. The number of hydrogen-bond donors (Lipinski definition) is 2. The van der Waals surface area contributed by atoms with E-state index >= 15 is 0 Å². The third-order valence-electron chi connectivity index (χ3n) is 4.12. The minimum atomic E-state index is -2.91. The number of amides is 2. The van der Waals surface area contributed by atoms with Crippen LogP contribution in [0.5, 0.6) is 11.5 Å². The number of carbonyl (C=O) groups is 1. The van der Waals surface area contributed by atoms with Crippen molar-refractivity contribution >= 4 is 15.9 Å². The van der Waals surface area contributed by atoms with Gasteiger partial charge in [-0.25, -0.2) is 13.2 Å². The highest BCUT2D eigenvalue weighted by Gasteiger charge is 2.28. The lowest BCUT2D eigenvalue weighted by Crippen LogP contribution is -2.39. The average molecular weight is 340 g/mol. The van der Waals surface area contributed by atoms with Crippen molar-refractivity contribution in [3.8, 4) is 11.5 Å². The number of nitrogens with one attached hydrogen (secondary N) is 2. The molecule has 0 bridgehead atoms. The van der Waals surface area contributed by atoms with Gasteiger partial charge in [-0.3, -0.25) is 0 Å². The fourth-order valence-electron chi connectivity index (χ4n) is 2.78. The Hall–Kier alpha value is -1.96. The largest absolute Gasteiger partial charge is 0.454 e. The van der Waals surface area contributed by atoms with Gasteiger partial charge in [0.25, 0.3) is 0 Å². The van der Waals surface area contributed by atoms with Gasteiger partial charge in [-0.15, -0.1) is 0 Å². The van der Waals surface area contributed by atoms with Gasteiger partial charge in [-0.2, -0.15) is 0 Å². The molecule has 1 aromatic carbocycles. The molecule has 1 fully saturated rings. The zero-order valence-corrected chi connectivity index (χ0v) is 13.7. The third-order valence-corrected chi connectivity index (χ3v) is 5.96. The minimum Gasteiger partial charge on any atom is -0.454 e. The predicted molar refractivity (Wildman–Crippen MR) is 84.3 cm³/mol. The van der Waals surface area contributed by atoms with Gasteiger partial charge in [0.15, 0.2) is 21.3 Å². The minimum absolute atomic E-state index is 0.00611. The predicted octanol–water partition coefficient (Wildman–Crippen LogP) is 1.21. The van der Waals surface area contributed by atoms with Crippen LogP contribution < -0.4 is 20.1 Å². The fourth-order valence-corrected chi connectivity index (χ4v) is 4.65. The summed E-state index contributed by atoms with van der Waals surface area (Å²) in [5, 5.41) is 5.58. The number of carbonyl (C=O) groups excluding carboxylic acids is 1. The Kier molecular flexibility index (Phi) is 4.34. The van der Waals surface area contributed by atoms with Crippen LogP contribution in [0, 0.1) is 5.92 Å². The van der Waals surface area contributed by atoms with E-state index in [0.717, 1.165) is 5.56 Å². The first-order chi connectivity index (χ1) is 10.9. The van der Waals surface area contributed by atoms with Crippen molar-refractivity contribution in [2.24, 2.45) is 5.92 Å². The van der Waals surface area contributed by atoms with Crippen LogP contribution in [0.4, 0.5) is 4.79 Å². The van der Waals surface area contributed by atoms with Gasteiger partial charge in [0.05, 0.1) is 17.5 Å². The summed E-state index contributed by atoms with van der Waals surface area (Å²) in [5.74, 6) is 1.76. The first-order valence-corrected chi connectivity index (χ1v) is 9.39. The molecule has 0 radical (unpaired) electrons. The number of fused-ring (bicyclic) bond motifs is 1. The molecule has 0 aromatic heterocycles. The van der Waals surface area contributed by atoms with Crippen LogP contribution in [0.3, 0.4) is 0 Å². The molecule has 0 saturated carbocycles. The van der Waals surface area contributed by atoms with Gasteiger partial charge >= 0.3 is 6.03 Å². The van der Waals surface area contributed by atoms with E-state index in [0.29, 0.717) is 24.5 Å². The molecule has 0 spiro atoms. The lowest BCUT2D eigenvalue weighted by molar-refractivity contribution is 0.174. The summed E-state index contributed by atoms with van der Waals surface area (Å²) in [7, 11) is -2.91. The monoisotopic (exact) mass is 340 g/mol. The Labute approximate surface area is 135 Å². The van der Waals surface area contributed by atoms with Gasteiger partial charge in [0.2, 0.25) is 6.79 Å². The van der Waals surface area contributed by atoms with E-state index in [1.165, 1.54) is 0 Å². The molecule has 2 amide bonds. The maximum atomic E-state index is 12.0. The topological polar surface area (TPSA) is 93.7 Å². The quantitative estimate of drug-likeness (QED) is 0.859. The molecule has 2 atom stereocenters. The van der Waals surface area contributed by atoms with E-state index in [1.54, 1.807) is 0 Å². The van der Waals surface area contributed by atoms with Gasteiger partial charge in [-0.1, -0.05) is 6.07 Å². The van der Waals surface area contributed by atoms with Crippen LogP contribution in [0.1, 0.15) is 24.9 Å². The summed E-state index contributed by atoms with van der Waals surface area (Å²) >= 11 is 0. The number of hydrogen-bond acceptors (Lipinski definition) is 5. The van der Waals surface area contributed by atoms with Crippen LogP contribution >= 0.6 is 0 Å². The summed E-state index contributed by atoms with van der Waals surface area (Å²) < 4.78 is 33.4. The zero-order chi connectivity index (χ0) is 16.4. The first-order valence-electron chi connectivity index (χ1n) is 7.57. The van der Waals surface area contributed by atoms with E-state index < -0.39 is 9.84 Å². The van der Waals surface area contributed by atoms with E-state index in [-0.39, 0.29) is 36.3 Å². The molecule has 126 valence electrons. The second-order valence-electron chi connectivity index (χ2n) is 5.96. The highest BCUT2D eigenvalue weighted by Crippen LogP contribution is 2.34. The smallest absolute Gasteiger partial charge is 0.315 e. The van der Waals surface area contributed by atoms with Gasteiger partial charge < -0.3 is 20.1 Å². The first kappa shape index (κ1) is 15.9. The second-order valence-corrected chi connectivity index (χ2v) is 8.19. The molecule has 0 aliphatic carbocycles. The lowest BCUT2D eigenvalue weighted by atomic mass is 10.1. The van der Waals surface area contributed by atoms with Gasteiger partial charge in [0.1, 0.15) is 0 Å². The SMILES string of the molecule is C[C@H](NC(=O)NC[C@@H]1CCS(=O)(=O)C1)c1ccc2c(c1)OCO2. The van der Waals surface area contributed by atoms with Crippen LogP contribution in [-0.2, 0) is 9.84 Å². The van der Waals surface area contributed by atoms with Crippen molar-refractivity contribution in [2.45, 2.75) is 19.4 Å². The molecule has 2 heterocycles. The van der Waals surface area contributed by atoms with Crippen LogP contribution in [0.15, 0.2) is 18.2 Å². The Morgan fingerprint density at radius 3 is 2.87 bits per heavy atom. The molecule has 2 N–H and O–H groups in total. The molecule has 8 heteroatoms. The Balaban J connectivity index is 1.49. The highest BCUT2D eigenvalue weighted by atomic mass is 32.2. The molecule has 3 rings (SSSR count). The van der Waals surface area contributed by atoms with E-state index in [4.69, 9.17) is 9.47 Å². The Morgan fingerprint density at radius 2 is 2.13 bits per heavy atom. The molecule has 23 heavy (non-hydrogen) atoms. The summed E-state index contributed by atoms with van der Waals surface area (Å²) in [6, 6.07) is 5.03. The lowest BCUT2D eigenvalue weighted by Gasteiger charge is -2.16. The van der Waals surface area contributed by atoms with Gasteiger partial charge in [0, 0.05) is 6.54 Å². The molecule has 1 saturated heterocycles. The normalized spacial score (nSPS) is 22.6. The van der Waals surface area contributed by atoms with Crippen molar-refractivity contribution in [3.05, 3.63) is 23.8 Å². The van der Waals surface area contributed by atoms with Crippen LogP contribution in [0.25, 0.3) is 0 Å². The Bertz CT molecular complexity index is 704. The van der Waals surface area contributed by atoms with Crippen molar-refractivity contribution < 1.29 is 22.7 Å².